The number of ether oxygens (including phenoxy) is 2. The van der Waals surface area contributed by atoms with Gasteiger partial charge in [0.1, 0.15) is 17.2 Å². The molecule has 0 saturated carbocycles. The number of nitrogens with zero attached hydrogens (tertiary/aromatic N) is 1. The summed E-state index contributed by atoms with van der Waals surface area (Å²) in [4.78, 5) is 16.8. The summed E-state index contributed by atoms with van der Waals surface area (Å²) in [5.74, 6) is 0.796. The van der Waals surface area contributed by atoms with Gasteiger partial charge in [0, 0.05) is 29.5 Å². The van der Waals surface area contributed by atoms with Gasteiger partial charge in [-0.2, -0.15) is 0 Å². The summed E-state index contributed by atoms with van der Waals surface area (Å²) in [7, 11) is 3.10. The van der Waals surface area contributed by atoms with Crippen LogP contribution in [0, 0.1) is 0 Å². The van der Waals surface area contributed by atoms with E-state index in [2.05, 4.69) is 15.6 Å². The highest BCUT2D eigenvalue weighted by Gasteiger charge is 2.12. The molecule has 0 aliphatic carbocycles. The number of carbonyl (C=O) groups is 1. The summed E-state index contributed by atoms with van der Waals surface area (Å²) in [6.45, 7) is 0.539. The average molecular weight is 398 g/mol. The van der Waals surface area contributed by atoms with Crippen molar-refractivity contribution in [1.82, 2.24) is 4.98 Å². The molecule has 3 aromatic rings. The molecular formula is C21H20ClN3O3. The number of nitrogens with one attached hydrogen (secondary N) is 2. The van der Waals surface area contributed by atoms with E-state index in [-0.39, 0.29) is 11.6 Å². The van der Waals surface area contributed by atoms with Gasteiger partial charge < -0.3 is 20.1 Å². The number of hydrogen-bond acceptors (Lipinski definition) is 5. The van der Waals surface area contributed by atoms with Crippen LogP contribution in [0.25, 0.3) is 0 Å². The van der Waals surface area contributed by atoms with Crippen molar-refractivity contribution in [1.29, 1.82) is 0 Å². The van der Waals surface area contributed by atoms with Crippen molar-refractivity contribution in [3.05, 3.63) is 77.1 Å². The quantitative estimate of drug-likeness (QED) is 0.608. The van der Waals surface area contributed by atoms with Crippen LogP contribution in [0.5, 0.6) is 11.5 Å². The summed E-state index contributed by atoms with van der Waals surface area (Å²) in [6, 6.07) is 16.2. The Morgan fingerprint density at radius 1 is 1.07 bits per heavy atom. The van der Waals surface area contributed by atoms with Crippen molar-refractivity contribution < 1.29 is 14.3 Å². The molecule has 0 spiro atoms. The van der Waals surface area contributed by atoms with E-state index in [9.17, 15) is 4.79 Å². The lowest BCUT2D eigenvalue weighted by atomic mass is 10.2. The Balaban J connectivity index is 1.71. The van der Waals surface area contributed by atoms with Crippen molar-refractivity contribution in [2.45, 2.75) is 6.54 Å². The molecule has 1 aromatic heterocycles. The Kier molecular flexibility index (Phi) is 6.34. The number of pyridine rings is 1. The standard InChI is InChI=1S/C21H20ClN3O3/c1-27-16-7-8-18(20(12-16)28-2)25-21(26)19-11-15(9-10-23-19)24-13-14-5-3-4-6-17(14)22/h3-12H,13H2,1-2H3,(H,23,24)(H,25,26). The van der Waals surface area contributed by atoms with Crippen LogP contribution in [0.2, 0.25) is 5.02 Å². The third-order valence-electron chi connectivity index (χ3n) is 4.09. The summed E-state index contributed by atoms with van der Waals surface area (Å²) < 4.78 is 10.5. The fourth-order valence-corrected chi connectivity index (χ4v) is 2.79. The Morgan fingerprint density at radius 3 is 2.64 bits per heavy atom. The molecule has 0 bridgehead atoms. The molecule has 0 atom stereocenters. The van der Waals surface area contributed by atoms with Crippen molar-refractivity contribution in [2.24, 2.45) is 0 Å². The van der Waals surface area contributed by atoms with Crippen molar-refractivity contribution in [3.8, 4) is 11.5 Å². The second-order valence-corrected chi connectivity index (χ2v) is 6.30. The van der Waals surface area contributed by atoms with E-state index in [4.69, 9.17) is 21.1 Å². The van der Waals surface area contributed by atoms with E-state index >= 15 is 0 Å². The second-order valence-electron chi connectivity index (χ2n) is 5.90. The second kappa shape index (κ2) is 9.10. The molecule has 6 nitrogen and oxygen atoms in total. The number of benzene rings is 2. The van der Waals surface area contributed by atoms with Gasteiger partial charge in [-0.1, -0.05) is 29.8 Å². The fourth-order valence-electron chi connectivity index (χ4n) is 2.59. The molecule has 2 aromatic carbocycles. The van der Waals surface area contributed by atoms with Gasteiger partial charge in [-0.25, -0.2) is 0 Å². The Bertz CT molecular complexity index is 979. The van der Waals surface area contributed by atoms with Gasteiger partial charge in [-0.05, 0) is 35.9 Å². The summed E-state index contributed by atoms with van der Waals surface area (Å²) in [6.07, 6.45) is 1.58. The molecule has 3 rings (SSSR count). The van der Waals surface area contributed by atoms with E-state index in [0.717, 1.165) is 11.3 Å². The molecule has 0 radical (unpaired) electrons. The normalized spacial score (nSPS) is 10.2. The van der Waals surface area contributed by atoms with Crippen molar-refractivity contribution >= 4 is 28.9 Å². The van der Waals surface area contributed by atoms with Gasteiger partial charge in [0.05, 0.1) is 19.9 Å². The average Bonchev–Trinajstić information content (AvgIpc) is 2.73. The third kappa shape index (κ3) is 4.72. The SMILES string of the molecule is COc1ccc(NC(=O)c2cc(NCc3ccccc3Cl)ccn2)c(OC)c1. The maximum absolute atomic E-state index is 12.6. The topological polar surface area (TPSA) is 72.5 Å². The zero-order chi connectivity index (χ0) is 19.9. The first-order valence-corrected chi connectivity index (χ1v) is 8.95. The highest BCUT2D eigenvalue weighted by molar-refractivity contribution is 6.31. The minimum Gasteiger partial charge on any atom is -0.497 e. The van der Waals surface area contributed by atoms with Gasteiger partial charge in [-0.15, -0.1) is 0 Å². The molecule has 0 aliphatic rings. The predicted octanol–water partition coefficient (Wildman–Crippen LogP) is 4.62. The number of hydrogen-bond donors (Lipinski definition) is 2. The lowest BCUT2D eigenvalue weighted by Crippen LogP contribution is -2.14. The number of aromatic nitrogens is 1. The summed E-state index contributed by atoms with van der Waals surface area (Å²) in [5.41, 5.74) is 2.54. The molecule has 0 aliphatic heterocycles. The molecule has 2 N–H and O–H groups in total. The van der Waals surface area contributed by atoms with Crippen LogP contribution in [-0.4, -0.2) is 25.1 Å². The number of amides is 1. The van der Waals surface area contributed by atoms with Gasteiger partial charge >= 0.3 is 0 Å². The van der Waals surface area contributed by atoms with Crippen LogP contribution in [0.3, 0.4) is 0 Å². The highest BCUT2D eigenvalue weighted by Crippen LogP contribution is 2.29. The lowest BCUT2D eigenvalue weighted by molar-refractivity contribution is 0.102. The van der Waals surface area contributed by atoms with Crippen molar-refractivity contribution in [3.63, 3.8) is 0 Å². The first-order valence-electron chi connectivity index (χ1n) is 8.57. The number of rotatable bonds is 7. The maximum Gasteiger partial charge on any atom is 0.274 e. The predicted molar refractivity (Wildman–Crippen MR) is 111 cm³/mol. The number of anilines is 2. The fraction of sp³-hybridized carbons (Fsp3) is 0.143. The number of methoxy groups -OCH3 is 2. The van der Waals surface area contributed by atoms with Crippen LogP contribution in [0.15, 0.2) is 60.8 Å². The molecule has 0 fully saturated rings. The van der Waals surface area contributed by atoms with Crippen molar-refractivity contribution in [2.75, 3.05) is 24.9 Å². The molecule has 28 heavy (non-hydrogen) atoms. The molecule has 0 saturated heterocycles. The van der Waals surface area contributed by atoms with Gasteiger partial charge in [0.2, 0.25) is 0 Å². The van der Waals surface area contributed by atoms with E-state index in [1.165, 1.54) is 7.11 Å². The van der Waals surface area contributed by atoms with Crippen LogP contribution < -0.4 is 20.1 Å². The first-order chi connectivity index (χ1) is 13.6. The Morgan fingerprint density at radius 2 is 1.89 bits per heavy atom. The van der Waals surface area contributed by atoms with Gasteiger partial charge in [0.25, 0.3) is 5.91 Å². The molecule has 0 unspecified atom stereocenters. The van der Waals surface area contributed by atoms with Gasteiger partial charge in [-0.3, -0.25) is 9.78 Å². The highest BCUT2D eigenvalue weighted by atomic mass is 35.5. The van der Waals surface area contributed by atoms with Crippen LogP contribution in [0.4, 0.5) is 11.4 Å². The van der Waals surface area contributed by atoms with E-state index < -0.39 is 0 Å². The van der Waals surface area contributed by atoms with Gasteiger partial charge in [0.15, 0.2) is 0 Å². The maximum atomic E-state index is 12.6. The van der Waals surface area contributed by atoms with E-state index in [0.29, 0.717) is 28.8 Å². The van der Waals surface area contributed by atoms with E-state index in [1.807, 2.05) is 24.3 Å². The number of carbonyl (C=O) groups excluding carboxylic acids is 1. The van der Waals surface area contributed by atoms with Crippen LogP contribution in [0.1, 0.15) is 16.1 Å². The summed E-state index contributed by atoms with van der Waals surface area (Å²) >= 11 is 6.18. The molecular weight excluding hydrogens is 378 g/mol. The smallest absolute Gasteiger partial charge is 0.274 e. The Labute approximate surface area is 168 Å². The van der Waals surface area contributed by atoms with E-state index in [1.54, 1.807) is 43.6 Å². The molecule has 1 heterocycles. The molecule has 144 valence electrons. The lowest BCUT2D eigenvalue weighted by Gasteiger charge is -2.12. The largest absolute Gasteiger partial charge is 0.497 e. The zero-order valence-electron chi connectivity index (χ0n) is 15.5. The minimum absolute atomic E-state index is 0.280. The third-order valence-corrected chi connectivity index (χ3v) is 4.46. The monoisotopic (exact) mass is 397 g/mol. The Hall–Kier alpha value is -3.25. The number of halogens is 1. The molecule has 1 amide bonds. The summed E-state index contributed by atoms with van der Waals surface area (Å²) in [5, 5.41) is 6.75. The minimum atomic E-state index is -0.343. The van der Waals surface area contributed by atoms with Crippen LogP contribution >= 0.6 is 11.6 Å². The zero-order valence-corrected chi connectivity index (χ0v) is 16.3. The molecule has 7 heteroatoms. The van der Waals surface area contributed by atoms with Crippen LogP contribution in [-0.2, 0) is 6.54 Å². The first kappa shape index (κ1) is 19.5.